The molecule has 0 aromatic heterocycles. The first kappa shape index (κ1) is 10.2. The van der Waals surface area contributed by atoms with Gasteiger partial charge in [0, 0.05) is 16.5 Å². The van der Waals surface area contributed by atoms with Crippen molar-refractivity contribution in [3.8, 4) is 0 Å². The van der Waals surface area contributed by atoms with E-state index in [1.165, 1.54) is 5.57 Å². The van der Waals surface area contributed by atoms with E-state index in [9.17, 15) is 4.79 Å². The molecule has 0 saturated heterocycles. The maximum Gasteiger partial charge on any atom is 0.150 e. The topological polar surface area (TPSA) is 17.1 Å². The number of hydrogen-bond acceptors (Lipinski definition) is 1. The minimum Gasteiger partial charge on any atom is -0.298 e. The second kappa shape index (κ2) is 4.03. The Morgan fingerprint density at radius 2 is 2.20 bits per heavy atom. The van der Waals surface area contributed by atoms with Crippen LogP contribution in [0.5, 0.6) is 0 Å². The molecule has 0 saturated carbocycles. The van der Waals surface area contributed by atoms with Crippen LogP contribution in [0.3, 0.4) is 0 Å². The Kier molecular flexibility index (Phi) is 2.74. The Morgan fingerprint density at radius 3 is 2.80 bits per heavy atom. The van der Waals surface area contributed by atoms with E-state index < -0.39 is 0 Å². The van der Waals surface area contributed by atoms with Crippen LogP contribution in [0, 0.1) is 0 Å². The quantitative estimate of drug-likeness (QED) is 0.691. The third-order valence-electron chi connectivity index (χ3n) is 2.66. The predicted octanol–water partition coefficient (Wildman–Crippen LogP) is 3.75. The van der Waals surface area contributed by atoms with E-state index in [2.05, 4.69) is 19.1 Å². The molecule has 2 heteroatoms. The van der Waals surface area contributed by atoms with Gasteiger partial charge in [-0.15, -0.1) is 0 Å². The fraction of sp³-hybridized carbons (Fsp3) is 0.154. The molecule has 76 valence electrons. The van der Waals surface area contributed by atoms with Crippen LogP contribution in [0.4, 0.5) is 0 Å². The number of rotatable bonds is 2. The molecule has 1 aromatic rings. The number of halogens is 1. The first-order valence-electron chi connectivity index (χ1n) is 4.82. The lowest BCUT2D eigenvalue weighted by Crippen LogP contribution is -1.99. The van der Waals surface area contributed by atoms with Crippen molar-refractivity contribution in [2.45, 2.75) is 12.8 Å². The fourth-order valence-corrected chi connectivity index (χ4v) is 2.03. The Bertz CT molecular complexity index is 458. The molecule has 0 N–H and O–H groups in total. The summed E-state index contributed by atoms with van der Waals surface area (Å²) in [5.74, 6) is 0.225. The second-order valence-electron chi connectivity index (χ2n) is 3.66. The van der Waals surface area contributed by atoms with E-state index in [0.717, 1.165) is 11.8 Å². The molecule has 1 atom stereocenters. The summed E-state index contributed by atoms with van der Waals surface area (Å²) in [6.07, 6.45) is 7.03. The highest BCUT2D eigenvalue weighted by Crippen LogP contribution is 2.32. The molecule has 0 aliphatic heterocycles. The molecule has 0 radical (unpaired) electrons. The van der Waals surface area contributed by atoms with Gasteiger partial charge >= 0.3 is 0 Å². The van der Waals surface area contributed by atoms with Crippen LogP contribution in [0.15, 0.2) is 42.0 Å². The van der Waals surface area contributed by atoms with Crippen LogP contribution in [-0.2, 0) is 0 Å². The summed E-state index contributed by atoms with van der Waals surface area (Å²) < 4.78 is 0. The smallest absolute Gasteiger partial charge is 0.150 e. The van der Waals surface area contributed by atoms with E-state index in [0.29, 0.717) is 10.6 Å². The normalized spacial score (nSPS) is 19.1. The first-order valence-corrected chi connectivity index (χ1v) is 5.20. The standard InChI is InChI=1S/C13H11ClO/c1-9-3-2-4-12(9)13-6-5-11(14)7-10(13)8-15/h2-8,12H,1H3. The number of allylic oxidation sites excluding steroid dienone is 4. The van der Waals surface area contributed by atoms with Crippen LogP contribution in [0.1, 0.15) is 28.8 Å². The summed E-state index contributed by atoms with van der Waals surface area (Å²) in [6, 6.07) is 5.45. The SMILES string of the molecule is CC1=CC=CC1c1ccc(Cl)cc1C=O. The van der Waals surface area contributed by atoms with Gasteiger partial charge in [-0.2, -0.15) is 0 Å². The zero-order valence-electron chi connectivity index (χ0n) is 8.41. The van der Waals surface area contributed by atoms with E-state index in [1.807, 2.05) is 18.2 Å². The second-order valence-corrected chi connectivity index (χ2v) is 4.10. The molecule has 0 heterocycles. The minimum atomic E-state index is 0.225. The number of hydrogen-bond donors (Lipinski definition) is 0. The van der Waals surface area contributed by atoms with Crippen molar-refractivity contribution in [3.63, 3.8) is 0 Å². The summed E-state index contributed by atoms with van der Waals surface area (Å²) in [7, 11) is 0. The molecule has 0 spiro atoms. The lowest BCUT2D eigenvalue weighted by atomic mass is 9.91. The summed E-state index contributed by atoms with van der Waals surface area (Å²) in [5.41, 5.74) is 2.95. The maximum absolute atomic E-state index is 10.9. The van der Waals surface area contributed by atoms with Gasteiger partial charge in [0.1, 0.15) is 6.29 Å². The van der Waals surface area contributed by atoms with Gasteiger partial charge in [-0.05, 0) is 24.6 Å². The van der Waals surface area contributed by atoms with E-state index in [-0.39, 0.29) is 5.92 Å². The highest BCUT2D eigenvalue weighted by molar-refractivity contribution is 6.30. The molecule has 0 bridgehead atoms. The van der Waals surface area contributed by atoms with Gasteiger partial charge in [0.15, 0.2) is 0 Å². The van der Waals surface area contributed by atoms with Crippen molar-refractivity contribution < 1.29 is 4.79 Å². The van der Waals surface area contributed by atoms with Crippen molar-refractivity contribution in [1.29, 1.82) is 0 Å². The van der Waals surface area contributed by atoms with Crippen LogP contribution in [0.25, 0.3) is 0 Å². The first-order chi connectivity index (χ1) is 7.22. The molecule has 1 aromatic carbocycles. The summed E-state index contributed by atoms with van der Waals surface area (Å²) in [4.78, 5) is 10.9. The molecular formula is C13H11ClO. The molecule has 1 aliphatic rings. The summed E-state index contributed by atoms with van der Waals surface area (Å²) in [5, 5.41) is 0.601. The summed E-state index contributed by atoms with van der Waals surface area (Å²) in [6.45, 7) is 2.06. The monoisotopic (exact) mass is 218 g/mol. The highest BCUT2D eigenvalue weighted by atomic mass is 35.5. The molecule has 1 unspecified atom stereocenters. The molecule has 1 aliphatic carbocycles. The maximum atomic E-state index is 10.9. The molecule has 1 nitrogen and oxygen atoms in total. The van der Waals surface area contributed by atoms with Gasteiger partial charge in [0.2, 0.25) is 0 Å². The van der Waals surface area contributed by atoms with Gasteiger partial charge in [0.25, 0.3) is 0 Å². The number of benzene rings is 1. The minimum absolute atomic E-state index is 0.225. The lowest BCUT2D eigenvalue weighted by Gasteiger charge is -2.13. The predicted molar refractivity (Wildman–Crippen MR) is 62.5 cm³/mol. The van der Waals surface area contributed by atoms with Crippen molar-refractivity contribution in [2.24, 2.45) is 0 Å². The van der Waals surface area contributed by atoms with Crippen LogP contribution < -0.4 is 0 Å². The van der Waals surface area contributed by atoms with E-state index in [1.54, 1.807) is 6.07 Å². The van der Waals surface area contributed by atoms with Crippen LogP contribution in [-0.4, -0.2) is 6.29 Å². The van der Waals surface area contributed by atoms with Crippen molar-refractivity contribution in [1.82, 2.24) is 0 Å². The fourth-order valence-electron chi connectivity index (χ4n) is 1.85. The van der Waals surface area contributed by atoms with Gasteiger partial charge in [-0.1, -0.05) is 41.5 Å². The van der Waals surface area contributed by atoms with Gasteiger partial charge < -0.3 is 0 Å². The lowest BCUT2D eigenvalue weighted by molar-refractivity contribution is 0.112. The van der Waals surface area contributed by atoms with Crippen LogP contribution in [0.2, 0.25) is 5.02 Å². The molecule has 15 heavy (non-hydrogen) atoms. The van der Waals surface area contributed by atoms with E-state index >= 15 is 0 Å². The molecule has 0 fully saturated rings. The zero-order chi connectivity index (χ0) is 10.8. The average Bonchev–Trinajstić information content (AvgIpc) is 2.64. The van der Waals surface area contributed by atoms with E-state index in [4.69, 9.17) is 11.6 Å². The van der Waals surface area contributed by atoms with Gasteiger partial charge in [-0.3, -0.25) is 4.79 Å². The van der Waals surface area contributed by atoms with Crippen molar-refractivity contribution >= 4 is 17.9 Å². The Balaban J connectivity index is 2.48. The van der Waals surface area contributed by atoms with Crippen molar-refractivity contribution in [2.75, 3.05) is 0 Å². The van der Waals surface area contributed by atoms with Crippen molar-refractivity contribution in [3.05, 3.63) is 58.1 Å². The largest absolute Gasteiger partial charge is 0.298 e. The zero-order valence-corrected chi connectivity index (χ0v) is 9.16. The number of carbonyl (C=O) groups excluding carboxylic acids is 1. The van der Waals surface area contributed by atoms with Gasteiger partial charge in [-0.25, -0.2) is 0 Å². The van der Waals surface area contributed by atoms with Gasteiger partial charge in [0.05, 0.1) is 0 Å². The molecule has 0 amide bonds. The highest BCUT2D eigenvalue weighted by Gasteiger charge is 2.16. The molecular weight excluding hydrogens is 208 g/mol. The number of aldehydes is 1. The Morgan fingerprint density at radius 1 is 1.40 bits per heavy atom. The Hall–Kier alpha value is -1.34. The summed E-state index contributed by atoms with van der Waals surface area (Å²) >= 11 is 5.85. The molecule has 2 rings (SSSR count). The third-order valence-corrected chi connectivity index (χ3v) is 2.90. The average molecular weight is 219 g/mol. The Labute approximate surface area is 94.1 Å². The van der Waals surface area contributed by atoms with Crippen LogP contribution >= 0.6 is 11.6 Å². The third kappa shape index (κ3) is 1.88. The number of carbonyl (C=O) groups is 1.